The zero-order valence-corrected chi connectivity index (χ0v) is 6.62. The largest absolute Gasteiger partial charge is 0.395 e. The number of hydrogen-bond acceptors (Lipinski definition) is 3. The van der Waals surface area contributed by atoms with Gasteiger partial charge in [-0.1, -0.05) is 0 Å². The lowest BCUT2D eigenvalue weighted by molar-refractivity contribution is -0.128. The lowest BCUT2D eigenvalue weighted by atomic mass is 10.3. The quantitative estimate of drug-likeness (QED) is 0.588. The second kappa shape index (κ2) is 3.69. The Bertz CT molecular complexity index is 149. The number of aliphatic hydroxyl groups is 1. The molecule has 0 aromatic rings. The van der Waals surface area contributed by atoms with E-state index in [9.17, 15) is 4.79 Å². The van der Waals surface area contributed by atoms with Crippen molar-refractivity contribution in [3.63, 3.8) is 0 Å². The van der Waals surface area contributed by atoms with Gasteiger partial charge in [-0.05, 0) is 0 Å². The van der Waals surface area contributed by atoms with Crippen LogP contribution in [-0.2, 0) is 9.53 Å². The minimum Gasteiger partial charge on any atom is -0.395 e. The van der Waals surface area contributed by atoms with E-state index in [2.05, 4.69) is 0 Å². The van der Waals surface area contributed by atoms with E-state index in [4.69, 9.17) is 9.84 Å². The Balaban J connectivity index is 2.38. The smallest absolute Gasteiger partial charge is 0.225 e. The molecular weight excluding hydrogens is 146 g/mol. The number of β-amino-alcohol motifs (C(OH)–C–C–N with tert-alkyl or cyclic N) is 1. The highest BCUT2D eigenvalue weighted by Crippen LogP contribution is 2.12. The monoisotopic (exact) mass is 159 g/mol. The van der Waals surface area contributed by atoms with Crippen molar-refractivity contribution in [3.05, 3.63) is 0 Å². The van der Waals surface area contributed by atoms with E-state index >= 15 is 0 Å². The Morgan fingerprint density at radius 2 is 2.55 bits per heavy atom. The number of hydrogen-bond donors (Lipinski definition) is 1. The fraction of sp³-hybridized carbons (Fsp3) is 0.857. The summed E-state index contributed by atoms with van der Waals surface area (Å²) < 4.78 is 5.01. The fourth-order valence-electron chi connectivity index (χ4n) is 1.23. The van der Waals surface area contributed by atoms with Gasteiger partial charge in [0.05, 0.1) is 19.1 Å². The molecule has 0 bridgehead atoms. The molecule has 1 heterocycles. The Kier molecular flexibility index (Phi) is 2.84. The summed E-state index contributed by atoms with van der Waals surface area (Å²) in [4.78, 5) is 12.7. The van der Waals surface area contributed by atoms with Crippen molar-refractivity contribution in [3.8, 4) is 0 Å². The van der Waals surface area contributed by atoms with Crippen LogP contribution >= 0.6 is 0 Å². The number of amides is 1. The van der Waals surface area contributed by atoms with Crippen LogP contribution in [0.4, 0.5) is 0 Å². The molecule has 0 aliphatic carbocycles. The van der Waals surface area contributed by atoms with Crippen LogP contribution in [0.1, 0.15) is 6.42 Å². The van der Waals surface area contributed by atoms with E-state index in [0.717, 1.165) is 0 Å². The highest BCUT2D eigenvalue weighted by molar-refractivity contribution is 5.79. The van der Waals surface area contributed by atoms with Crippen molar-refractivity contribution < 1.29 is 14.6 Å². The third kappa shape index (κ3) is 1.91. The van der Waals surface area contributed by atoms with Crippen molar-refractivity contribution in [2.75, 3.05) is 26.8 Å². The Labute approximate surface area is 65.8 Å². The molecule has 1 fully saturated rings. The normalized spacial score (nSPS) is 24.7. The molecule has 11 heavy (non-hydrogen) atoms. The van der Waals surface area contributed by atoms with E-state index in [-0.39, 0.29) is 18.6 Å². The molecule has 4 nitrogen and oxygen atoms in total. The highest BCUT2D eigenvalue weighted by Gasteiger charge is 2.28. The summed E-state index contributed by atoms with van der Waals surface area (Å²) in [5, 5.41) is 8.57. The SMILES string of the molecule is CO[C@H]1CC(=O)N(CCO)C1. The third-order valence-electron chi connectivity index (χ3n) is 1.88. The summed E-state index contributed by atoms with van der Waals surface area (Å²) in [6, 6.07) is 0. The number of aliphatic hydroxyl groups excluding tert-OH is 1. The zero-order valence-electron chi connectivity index (χ0n) is 6.62. The summed E-state index contributed by atoms with van der Waals surface area (Å²) in [5.41, 5.74) is 0. The number of ether oxygens (including phenoxy) is 1. The maximum absolute atomic E-state index is 11.1. The summed E-state index contributed by atoms with van der Waals surface area (Å²) in [7, 11) is 1.60. The molecule has 0 saturated carbocycles. The first kappa shape index (κ1) is 8.49. The van der Waals surface area contributed by atoms with Crippen LogP contribution < -0.4 is 0 Å². The van der Waals surface area contributed by atoms with E-state index < -0.39 is 0 Å². The number of carbonyl (C=O) groups excluding carboxylic acids is 1. The molecule has 1 aliphatic rings. The summed E-state index contributed by atoms with van der Waals surface area (Å²) >= 11 is 0. The van der Waals surface area contributed by atoms with Crippen LogP contribution in [0.2, 0.25) is 0 Å². The molecule has 1 amide bonds. The molecule has 64 valence electrons. The average molecular weight is 159 g/mol. The number of rotatable bonds is 3. The van der Waals surface area contributed by atoms with E-state index in [0.29, 0.717) is 19.5 Å². The molecule has 0 unspecified atom stereocenters. The van der Waals surface area contributed by atoms with Gasteiger partial charge in [0.15, 0.2) is 0 Å². The fourth-order valence-corrected chi connectivity index (χ4v) is 1.23. The predicted octanol–water partition coefficient (Wildman–Crippen LogP) is -0.774. The Hall–Kier alpha value is -0.610. The van der Waals surface area contributed by atoms with Gasteiger partial charge in [-0.25, -0.2) is 0 Å². The molecule has 1 rings (SSSR count). The molecule has 1 N–H and O–H groups in total. The van der Waals surface area contributed by atoms with Gasteiger partial charge in [-0.15, -0.1) is 0 Å². The maximum atomic E-state index is 11.1. The number of methoxy groups -OCH3 is 1. The van der Waals surface area contributed by atoms with Crippen molar-refractivity contribution in [1.82, 2.24) is 4.90 Å². The van der Waals surface area contributed by atoms with Gasteiger partial charge in [-0.2, -0.15) is 0 Å². The van der Waals surface area contributed by atoms with Gasteiger partial charge in [0.25, 0.3) is 0 Å². The van der Waals surface area contributed by atoms with Gasteiger partial charge in [0.1, 0.15) is 0 Å². The van der Waals surface area contributed by atoms with Gasteiger partial charge in [-0.3, -0.25) is 4.79 Å². The molecular formula is C7H13NO3. The molecule has 1 saturated heterocycles. The lowest BCUT2D eigenvalue weighted by Gasteiger charge is -2.13. The van der Waals surface area contributed by atoms with E-state index in [1.165, 1.54) is 0 Å². The zero-order chi connectivity index (χ0) is 8.27. The minimum absolute atomic E-state index is 0.0223. The van der Waals surface area contributed by atoms with Crippen LogP contribution in [0.5, 0.6) is 0 Å². The van der Waals surface area contributed by atoms with Crippen LogP contribution in [-0.4, -0.2) is 48.8 Å². The first-order valence-corrected chi connectivity index (χ1v) is 3.69. The predicted molar refractivity (Wildman–Crippen MR) is 39.1 cm³/mol. The van der Waals surface area contributed by atoms with Crippen LogP contribution in [0.25, 0.3) is 0 Å². The summed E-state index contributed by atoms with van der Waals surface area (Å²) in [5.74, 6) is 0.0749. The second-order valence-electron chi connectivity index (χ2n) is 2.63. The van der Waals surface area contributed by atoms with Crippen molar-refractivity contribution >= 4 is 5.91 Å². The number of carbonyl (C=O) groups is 1. The molecule has 0 aromatic carbocycles. The number of likely N-dealkylation sites (tertiary alicyclic amines) is 1. The first-order valence-electron chi connectivity index (χ1n) is 3.69. The molecule has 1 atom stereocenters. The Morgan fingerprint density at radius 3 is 3.00 bits per heavy atom. The van der Waals surface area contributed by atoms with E-state index in [1.807, 2.05) is 0 Å². The second-order valence-corrected chi connectivity index (χ2v) is 2.63. The molecule has 0 spiro atoms. The summed E-state index contributed by atoms with van der Waals surface area (Å²) in [6.07, 6.45) is 0.477. The Morgan fingerprint density at radius 1 is 1.82 bits per heavy atom. The van der Waals surface area contributed by atoms with Gasteiger partial charge in [0.2, 0.25) is 5.91 Å². The average Bonchev–Trinajstić information content (AvgIpc) is 2.33. The van der Waals surface area contributed by atoms with Gasteiger partial charge in [0, 0.05) is 20.2 Å². The molecule has 0 radical (unpaired) electrons. The minimum atomic E-state index is 0.0223. The molecule has 4 heteroatoms. The van der Waals surface area contributed by atoms with Crippen molar-refractivity contribution in [2.24, 2.45) is 0 Å². The topological polar surface area (TPSA) is 49.8 Å². The first-order chi connectivity index (χ1) is 5.27. The van der Waals surface area contributed by atoms with Crippen LogP contribution in [0.3, 0.4) is 0 Å². The highest BCUT2D eigenvalue weighted by atomic mass is 16.5. The molecule has 0 aromatic heterocycles. The lowest BCUT2D eigenvalue weighted by Crippen LogP contribution is -2.29. The van der Waals surface area contributed by atoms with Crippen LogP contribution in [0.15, 0.2) is 0 Å². The maximum Gasteiger partial charge on any atom is 0.225 e. The van der Waals surface area contributed by atoms with Gasteiger partial charge >= 0.3 is 0 Å². The standard InChI is InChI=1S/C7H13NO3/c1-11-6-4-7(10)8(5-6)2-3-9/h6,9H,2-5H2,1H3/t6-/m0/s1. The van der Waals surface area contributed by atoms with Crippen molar-refractivity contribution in [1.29, 1.82) is 0 Å². The van der Waals surface area contributed by atoms with Crippen LogP contribution in [0, 0.1) is 0 Å². The van der Waals surface area contributed by atoms with Gasteiger partial charge < -0.3 is 14.7 Å². The van der Waals surface area contributed by atoms with E-state index in [1.54, 1.807) is 12.0 Å². The number of nitrogens with zero attached hydrogens (tertiary/aromatic N) is 1. The summed E-state index contributed by atoms with van der Waals surface area (Å²) in [6.45, 7) is 1.08. The third-order valence-corrected chi connectivity index (χ3v) is 1.88. The molecule has 1 aliphatic heterocycles. The van der Waals surface area contributed by atoms with Crippen molar-refractivity contribution in [2.45, 2.75) is 12.5 Å².